The third-order valence-corrected chi connectivity index (χ3v) is 5.14. The Morgan fingerprint density at radius 3 is 2.27 bits per heavy atom. The summed E-state index contributed by atoms with van der Waals surface area (Å²) in [5, 5.41) is 9.89. The van der Waals surface area contributed by atoms with Crippen LogP contribution in [0.2, 0.25) is 0 Å². The van der Waals surface area contributed by atoms with Crippen molar-refractivity contribution in [2.24, 2.45) is 0 Å². The van der Waals surface area contributed by atoms with Crippen LogP contribution in [0.3, 0.4) is 0 Å². The minimum atomic E-state index is 0.861. The van der Waals surface area contributed by atoms with Crippen LogP contribution < -0.4 is 0 Å². The van der Waals surface area contributed by atoms with E-state index in [1.165, 1.54) is 11.1 Å². The number of rotatable bonds is 5. The first-order valence-electron chi connectivity index (χ1n) is 8.56. The Kier molecular flexibility index (Phi) is 4.84. The molecule has 0 amide bonds. The predicted molar refractivity (Wildman–Crippen MR) is 108 cm³/mol. The first kappa shape index (κ1) is 16.6. The zero-order chi connectivity index (χ0) is 17.8. The second kappa shape index (κ2) is 7.58. The Morgan fingerprint density at radius 1 is 0.808 bits per heavy atom. The number of hydrogen-bond donors (Lipinski definition) is 0. The number of aromatic nitrogens is 3. The van der Waals surface area contributed by atoms with Gasteiger partial charge in [-0.05, 0) is 30.2 Å². The molecule has 0 N–H and O–H groups in total. The van der Waals surface area contributed by atoms with Crippen LogP contribution in [0.4, 0.5) is 0 Å². The molecule has 4 aromatic rings. The molecular weight excluding hydrogens is 338 g/mol. The topological polar surface area (TPSA) is 30.7 Å². The van der Waals surface area contributed by atoms with E-state index in [9.17, 15) is 0 Å². The normalized spacial score (nSPS) is 10.8. The molecule has 3 nitrogen and oxygen atoms in total. The van der Waals surface area contributed by atoms with Crippen LogP contribution in [0.1, 0.15) is 11.1 Å². The third kappa shape index (κ3) is 3.55. The average Bonchev–Trinajstić information content (AvgIpc) is 3.12. The minimum absolute atomic E-state index is 0.861. The molecule has 0 atom stereocenters. The van der Waals surface area contributed by atoms with E-state index < -0.39 is 0 Å². The lowest BCUT2D eigenvalue weighted by Gasteiger charge is -2.11. The molecular formula is C22H19N3S. The number of aryl methyl sites for hydroxylation is 1. The van der Waals surface area contributed by atoms with E-state index >= 15 is 0 Å². The van der Waals surface area contributed by atoms with Gasteiger partial charge < -0.3 is 0 Å². The van der Waals surface area contributed by atoms with E-state index in [0.29, 0.717) is 0 Å². The highest BCUT2D eigenvalue weighted by Crippen LogP contribution is 2.29. The number of thioether (sulfide) groups is 1. The van der Waals surface area contributed by atoms with Crippen molar-refractivity contribution in [3.8, 4) is 17.1 Å². The van der Waals surface area contributed by atoms with Crippen LogP contribution >= 0.6 is 11.8 Å². The van der Waals surface area contributed by atoms with Crippen molar-refractivity contribution >= 4 is 11.8 Å². The molecule has 128 valence electrons. The summed E-state index contributed by atoms with van der Waals surface area (Å²) in [4.78, 5) is 0. The maximum absolute atomic E-state index is 4.50. The van der Waals surface area contributed by atoms with Crippen molar-refractivity contribution in [2.45, 2.75) is 17.8 Å². The average molecular weight is 357 g/mol. The van der Waals surface area contributed by atoms with Crippen molar-refractivity contribution in [1.82, 2.24) is 14.8 Å². The lowest BCUT2D eigenvalue weighted by atomic mass is 10.2. The van der Waals surface area contributed by atoms with Gasteiger partial charge in [-0.15, -0.1) is 10.2 Å². The van der Waals surface area contributed by atoms with Crippen LogP contribution in [-0.2, 0) is 5.75 Å². The Balaban J connectivity index is 1.75. The molecule has 0 unspecified atom stereocenters. The van der Waals surface area contributed by atoms with Gasteiger partial charge in [0.05, 0.1) is 0 Å². The van der Waals surface area contributed by atoms with Gasteiger partial charge in [0.1, 0.15) is 0 Å². The van der Waals surface area contributed by atoms with Gasteiger partial charge in [-0.3, -0.25) is 4.57 Å². The molecule has 3 aromatic carbocycles. The van der Waals surface area contributed by atoms with Crippen molar-refractivity contribution in [3.63, 3.8) is 0 Å². The Hall–Kier alpha value is -2.85. The highest BCUT2D eigenvalue weighted by molar-refractivity contribution is 7.98. The third-order valence-electron chi connectivity index (χ3n) is 4.14. The fraction of sp³-hybridized carbons (Fsp3) is 0.0909. The summed E-state index contributed by atoms with van der Waals surface area (Å²) in [6.07, 6.45) is 0. The molecule has 26 heavy (non-hydrogen) atoms. The molecule has 0 saturated heterocycles. The van der Waals surface area contributed by atoms with Crippen LogP contribution in [0.5, 0.6) is 0 Å². The highest BCUT2D eigenvalue weighted by atomic mass is 32.2. The number of hydrogen-bond acceptors (Lipinski definition) is 3. The molecule has 0 radical (unpaired) electrons. The monoisotopic (exact) mass is 357 g/mol. The lowest BCUT2D eigenvalue weighted by molar-refractivity contribution is 0.885. The molecule has 0 aliphatic heterocycles. The molecule has 0 aliphatic carbocycles. The smallest absolute Gasteiger partial charge is 0.196 e. The largest absolute Gasteiger partial charge is 0.270 e. The molecule has 0 spiro atoms. The van der Waals surface area contributed by atoms with E-state index in [-0.39, 0.29) is 0 Å². The maximum atomic E-state index is 4.50. The van der Waals surface area contributed by atoms with E-state index in [4.69, 9.17) is 0 Å². The molecule has 0 bridgehead atoms. The van der Waals surface area contributed by atoms with Gasteiger partial charge in [-0.25, -0.2) is 0 Å². The Morgan fingerprint density at radius 2 is 1.54 bits per heavy atom. The van der Waals surface area contributed by atoms with Gasteiger partial charge in [-0.1, -0.05) is 84.6 Å². The summed E-state index contributed by atoms with van der Waals surface area (Å²) in [6.45, 7) is 2.10. The summed E-state index contributed by atoms with van der Waals surface area (Å²) in [5.74, 6) is 1.73. The first-order chi connectivity index (χ1) is 12.8. The quantitative estimate of drug-likeness (QED) is 0.440. The van der Waals surface area contributed by atoms with Gasteiger partial charge in [0.15, 0.2) is 11.0 Å². The second-order valence-electron chi connectivity index (χ2n) is 6.12. The number of benzene rings is 3. The minimum Gasteiger partial charge on any atom is -0.270 e. The molecule has 0 fully saturated rings. The van der Waals surface area contributed by atoms with Crippen LogP contribution in [0.25, 0.3) is 17.1 Å². The van der Waals surface area contributed by atoms with Crippen molar-refractivity contribution in [2.75, 3.05) is 0 Å². The standard InChI is InChI=1S/C22H19N3S/c1-17-9-8-14-20(15-17)25-21(19-12-6-3-7-13-19)23-24-22(25)26-16-18-10-4-2-5-11-18/h2-15H,16H2,1H3. The Labute approximate surface area is 157 Å². The van der Waals surface area contributed by atoms with Crippen LogP contribution in [0, 0.1) is 6.92 Å². The lowest BCUT2D eigenvalue weighted by Crippen LogP contribution is -2.00. The summed E-state index contributed by atoms with van der Waals surface area (Å²) in [5.41, 5.74) is 4.64. The van der Waals surface area contributed by atoms with E-state index in [2.05, 4.69) is 82.4 Å². The zero-order valence-electron chi connectivity index (χ0n) is 14.5. The van der Waals surface area contributed by atoms with Gasteiger partial charge >= 0.3 is 0 Å². The summed E-state index contributed by atoms with van der Waals surface area (Å²) in [7, 11) is 0. The molecule has 0 aliphatic rings. The second-order valence-corrected chi connectivity index (χ2v) is 7.06. The summed E-state index contributed by atoms with van der Waals surface area (Å²) >= 11 is 1.71. The fourth-order valence-corrected chi connectivity index (χ4v) is 3.77. The van der Waals surface area contributed by atoms with Gasteiger partial charge in [0.25, 0.3) is 0 Å². The van der Waals surface area contributed by atoms with E-state index in [1.807, 2.05) is 24.3 Å². The van der Waals surface area contributed by atoms with Crippen molar-refractivity contribution in [3.05, 3.63) is 96.1 Å². The maximum Gasteiger partial charge on any atom is 0.196 e. The van der Waals surface area contributed by atoms with Crippen molar-refractivity contribution < 1.29 is 0 Å². The fourth-order valence-electron chi connectivity index (χ4n) is 2.86. The van der Waals surface area contributed by atoms with Crippen molar-refractivity contribution in [1.29, 1.82) is 0 Å². The predicted octanol–water partition coefficient (Wildman–Crippen LogP) is 5.54. The molecule has 1 heterocycles. The van der Waals surface area contributed by atoms with Gasteiger partial charge in [0, 0.05) is 17.0 Å². The Bertz CT molecular complexity index is 994. The van der Waals surface area contributed by atoms with Gasteiger partial charge in [0.2, 0.25) is 0 Å². The van der Waals surface area contributed by atoms with Crippen LogP contribution in [-0.4, -0.2) is 14.8 Å². The molecule has 4 heteroatoms. The summed E-state index contributed by atoms with van der Waals surface area (Å²) < 4.78 is 2.15. The summed E-state index contributed by atoms with van der Waals surface area (Å²) in [6, 6.07) is 29.1. The van der Waals surface area contributed by atoms with Crippen LogP contribution in [0.15, 0.2) is 90.1 Å². The SMILES string of the molecule is Cc1cccc(-n2c(SCc3ccccc3)nnc2-c2ccccc2)c1. The highest BCUT2D eigenvalue weighted by Gasteiger charge is 2.16. The first-order valence-corrected chi connectivity index (χ1v) is 9.54. The number of nitrogens with zero attached hydrogens (tertiary/aromatic N) is 3. The zero-order valence-corrected chi connectivity index (χ0v) is 15.4. The van der Waals surface area contributed by atoms with E-state index in [1.54, 1.807) is 11.8 Å². The molecule has 4 rings (SSSR count). The van der Waals surface area contributed by atoms with Gasteiger partial charge in [-0.2, -0.15) is 0 Å². The van der Waals surface area contributed by atoms with E-state index in [0.717, 1.165) is 28.0 Å². The molecule has 0 saturated carbocycles. The molecule has 1 aromatic heterocycles.